The van der Waals surface area contributed by atoms with Gasteiger partial charge in [0.15, 0.2) is 0 Å². The summed E-state index contributed by atoms with van der Waals surface area (Å²) in [6.07, 6.45) is 3.42. The number of H-pyrrole nitrogens is 1. The number of hydrogen-bond donors (Lipinski definition) is 1. The van der Waals surface area contributed by atoms with Crippen molar-refractivity contribution in [1.82, 2.24) is 9.29 Å². The van der Waals surface area contributed by atoms with E-state index in [2.05, 4.69) is 18.8 Å². The fourth-order valence-electron chi connectivity index (χ4n) is 2.51. The SMILES string of the molecule is CC(C)C1CCCN1S(=O)(=O)c1c[nH]c(CCl)c1. The second kappa shape index (κ2) is 5.23. The van der Waals surface area contributed by atoms with Crippen molar-refractivity contribution in [2.45, 2.75) is 43.5 Å². The van der Waals surface area contributed by atoms with Crippen LogP contribution in [0.15, 0.2) is 17.2 Å². The van der Waals surface area contributed by atoms with Gasteiger partial charge in [0, 0.05) is 24.5 Å². The highest BCUT2D eigenvalue weighted by Gasteiger charge is 2.37. The Labute approximate surface area is 113 Å². The Morgan fingerprint density at radius 2 is 2.28 bits per heavy atom. The lowest BCUT2D eigenvalue weighted by Crippen LogP contribution is -2.38. The Kier molecular flexibility index (Phi) is 4.04. The minimum atomic E-state index is -3.38. The molecule has 1 aromatic rings. The van der Waals surface area contributed by atoms with Crippen molar-refractivity contribution in [2.24, 2.45) is 5.92 Å². The zero-order valence-electron chi connectivity index (χ0n) is 10.7. The summed E-state index contributed by atoms with van der Waals surface area (Å²) < 4.78 is 26.7. The molecule has 0 radical (unpaired) electrons. The molecular weight excluding hydrogens is 272 g/mol. The maximum absolute atomic E-state index is 12.5. The van der Waals surface area contributed by atoms with Gasteiger partial charge in [0.25, 0.3) is 0 Å². The van der Waals surface area contributed by atoms with E-state index in [1.165, 1.54) is 6.20 Å². The monoisotopic (exact) mass is 290 g/mol. The molecule has 0 bridgehead atoms. The largest absolute Gasteiger partial charge is 0.363 e. The highest BCUT2D eigenvalue weighted by Crippen LogP contribution is 2.30. The minimum absolute atomic E-state index is 0.115. The van der Waals surface area contributed by atoms with Crippen molar-refractivity contribution in [3.8, 4) is 0 Å². The first kappa shape index (κ1) is 13.9. The number of aromatic amines is 1. The molecule has 0 saturated carbocycles. The van der Waals surface area contributed by atoms with Gasteiger partial charge < -0.3 is 4.98 Å². The Bertz CT molecular complexity index is 510. The Morgan fingerprint density at radius 1 is 1.56 bits per heavy atom. The summed E-state index contributed by atoms with van der Waals surface area (Å²) >= 11 is 5.69. The van der Waals surface area contributed by atoms with Gasteiger partial charge in [0.2, 0.25) is 10.0 Å². The van der Waals surface area contributed by atoms with Gasteiger partial charge in [-0.3, -0.25) is 0 Å². The second-order valence-corrected chi connectivity index (χ2v) is 7.22. The summed E-state index contributed by atoms with van der Waals surface area (Å²) in [6.45, 7) is 4.76. The number of rotatable bonds is 4. The molecule has 0 amide bonds. The van der Waals surface area contributed by atoms with Crippen molar-refractivity contribution >= 4 is 21.6 Å². The van der Waals surface area contributed by atoms with Crippen LogP contribution in [-0.2, 0) is 15.9 Å². The van der Waals surface area contributed by atoms with Gasteiger partial charge in [0.05, 0.1) is 10.8 Å². The first-order chi connectivity index (χ1) is 8.46. The summed E-state index contributed by atoms with van der Waals surface area (Å²) in [7, 11) is -3.38. The van der Waals surface area contributed by atoms with Crippen molar-refractivity contribution in [3.05, 3.63) is 18.0 Å². The predicted octanol–water partition coefficient (Wildman–Crippen LogP) is 2.56. The zero-order valence-corrected chi connectivity index (χ0v) is 12.3. The molecule has 4 nitrogen and oxygen atoms in total. The van der Waals surface area contributed by atoms with Crippen LogP contribution in [0.25, 0.3) is 0 Å². The highest BCUT2D eigenvalue weighted by atomic mass is 35.5. The maximum Gasteiger partial charge on any atom is 0.244 e. The molecule has 6 heteroatoms. The third kappa shape index (κ3) is 2.44. The van der Waals surface area contributed by atoms with Crippen LogP contribution in [0.3, 0.4) is 0 Å². The molecule has 18 heavy (non-hydrogen) atoms. The van der Waals surface area contributed by atoms with Gasteiger partial charge in [-0.25, -0.2) is 8.42 Å². The third-order valence-electron chi connectivity index (χ3n) is 3.48. The molecule has 1 atom stereocenters. The van der Waals surface area contributed by atoms with Gasteiger partial charge in [-0.2, -0.15) is 4.31 Å². The Hall–Kier alpha value is -0.520. The minimum Gasteiger partial charge on any atom is -0.363 e. The van der Waals surface area contributed by atoms with Crippen LogP contribution in [0.5, 0.6) is 0 Å². The zero-order chi connectivity index (χ0) is 13.3. The molecule has 1 aliphatic rings. The predicted molar refractivity (Wildman–Crippen MR) is 72.1 cm³/mol. The molecule has 1 saturated heterocycles. The maximum atomic E-state index is 12.5. The van der Waals surface area contributed by atoms with E-state index in [1.54, 1.807) is 10.4 Å². The van der Waals surface area contributed by atoms with Crippen LogP contribution in [0, 0.1) is 5.92 Å². The number of nitrogens with one attached hydrogen (secondary N) is 1. The number of nitrogens with zero attached hydrogens (tertiary/aromatic N) is 1. The van der Waals surface area contributed by atoms with E-state index in [4.69, 9.17) is 11.6 Å². The second-order valence-electron chi connectivity index (χ2n) is 5.06. The van der Waals surface area contributed by atoms with Crippen LogP contribution in [0.1, 0.15) is 32.4 Å². The molecule has 1 fully saturated rings. The lowest BCUT2D eigenvalue weighted by Gasteiger charge is -2.26. The summed E-state index contributed by atoms with van der Waals surface area (Å²) in [5, 5.41) is 0. The van der Waals surface area contributed by atoms with E-state index in [1.807, 2.05) is 0 Å². The molecular formula is C12H19ClN2O2S. The number of aromatic nitrogens is 1. The molecule has 1 aromatic heterocycles. The lowest BCUT2D eigenvalue weighted by atomic mass is 10.0. The van der Waals surface area contributed by atoms with Crippen LogP contribution < -0.4 is 0 Å². The van der Waals surface area contributed by atoms with Gasteiger partial charge in [0.1, 0.15) is 0 Å². The number of sulfonamides is 1. The third-order valence-corrected chi connectivity index (χ3v) is 5.67. The van der Waals surface area contributed by atoms with E-state index < -0.39 is 10.0 Å². The molecule has 0 aliphatic carbocycles. The van der Waals surface area contributed by atoms with Gasteiger partial charge >= 0.3 is 0 Å². The van der Waals surface area contributed by atoms with Gasteiger partial charge in [-0.15, -0.1) is 11.6 Å². The van der Waals surface area contributed by atoms with Crippen LogP contribution in [0.4, 0.5) is 0 Å². The van der Waals surface area contributed by atoms with Crippen molar-refractivity contribution in [2.75, 3.05) is 6.54 Å². The van der Waals surface area contributed by atoms with Crippen molar-refractivity contribution in [1.29, 1.82) is 0 Å². The Morgan fingerprint density at radius 3 is 2.83 bits per heavy atom. The molecule has 2 rings (SSSR count). The smallest absolute Gasteiger partial charge is 0.244 e. The number of hydrogen-bond acceptors (Lipinski definition) is 2. The first-order valence-corrected chi connectivity index (χ1v) is 8.19. The summed E-state index contributed by atoms with van der Waals surface area (Å²) in [5.41, 5.74) is 0.732. The first-order valence-electron chi connectivity index (χ1n) is 6.22. The highest BCUT2D eigenvalue weighted by molar-refractivity contribution is 7.89. The van der Waals surface area contributed by atoms with Crippen molar-refractivity contribution in [3.63, 3.8) is 0 Å². The molecule has 0 aromatic carbocycles. The average molecular weight is 291 g/mol. The summed E-state index contributed by atoms with van der Waals surface area (Å²) in [5.74, 6) is 0.636. The van der Waals surface area contributed by atoms with E-state index in [-0.39, 0.29) is 6.04 Å². The molecule has 2 heterocycles. The molecule has 0 spiro atoms. The fourth-order valence-corrected chi connectivity index (χ4v) is 4.51. The van der Waals surface area contributed by atoms with Crippen LogP contribution in [-0.4, -0.2) is 30.3 Å². The molecule has 102 valence electrons. The quantitative estimate of drug-likeness (QED) is 0.867. The Balaban J connectivity index is 2.30. The van der Waals surface area contributed by atoms with Gasteiger partial charge in [-0.1, -0.05) is 13.8 Å². The van der Waals surface area contributed by atoms with E-state index in [9.17, 15) is 8.42 Å². The summed E-state index contributed by atoms with van der Waals surface area (Å²) in [4.78, 5) is 3.22. The van der Waals surface area contributed by atoms with Crippen LogP contribution >= 0.6 is 11.6 Å². The number of halogens is 1. The summed E-state index contributed by atoms with van der Waals surface area (Å²) in [6, 6.07) is 1.74. The fraction of sp³-hybridized carbons (Fsp3) is 0.667. The lowest BCUT2D eigenvalue weighted by molar-refractivity contribution is 0.316. The normalized spacial score (nSPS) is 21.9. The van der Waals surface area contributed by atoms with Crippen LogP contribution in [0.2, 0.25) is 0 Å². The topological polar surface area (TPSA) is 53.2 Å². The molecule has 1 aliphatic heterocycles. The molecule has 1 N–H and O–H groups in total. The van der Waals surface area contributed by atoms with Crippen molar-refractivity contribution < 1.29 is 8.42 Å². The molecule has 1 unspecified atom stereocenters. The average Bonchev–Trinajstić information content (AvgIpc) is 2.98. The van der Waals surface area contributed by atoms with E-state index >= 15 is 0 Å². The van der Waals surface area contributed by atoms with E-state index in [0.29, 0.717) is 23.2 Å². The van der Waals surface area contributed by atoms with Gasteiger partial charge in [-0.05, 0) is 24.8 Å². The standard InChI is InChI=1S/C12H19ClN2O2S/c1-9(2)12-4-3-5-15(12)18(16,17)11-6-10(7-13)14-8-11/h6,8-9,12,14H,3-5,7H2,1-2H3. The van der Waals surface area contributed by atoms with E-state index in [0.717, 1.165) is 18.5 Å². The number of alkyl halides is 1.